The number of aromatic nitrogens is 7. The van der Waals surface area contributed by atoms with Crippen LogP contribution in [-0.4, -0.2) is 34.5 Å². The molecule has 9 heteroatoms. The zero-order valence-corrected chi connectivity index (χ0v) is 15.2. The largest absolute Gasteiger partial charge is 0.300 e. The van der Waals surface area contributed by atoms with Gasteiger partial charge in [-0.1, -0.05) is 36.4 Å². The summed E-state index contributed by atoms with van der Waals surface area (Å²) in [6.45, 7) is 0. The summed E-state index contributed by atoms with van der Waals surface area (Å²) in [5.41, 5.74) is 1.97. The molecule has 3 heterocycles. The summed E-state index contributed by atoms with van der Waals surface area (Å²) in [6.07, 6.45) is 3.15. The maximum absolute atomic E-state index is 12.5. The van der Waals surface area contributed by atoms with Gasteiger partial charge in [0.25, 0.3) is 5.56 Å². The SMILES string of the molecule is O=c1[nH]c(Sc2ncn(-c3ccccc3)n2)nc2c1cnn2-c1ccccc1. The van der Waals surface area contributed by atoms with Crippen LogP contribution in [-0.2, 0) is 0 Å². The first-order chi connectivity index (χ1) is 13.8. The number of fused-ring (bicyclic) bond motifs is 1. The highest BCUT2D eigenvalue weighted by Crippen LogP contribution is 2.22. The number of benzene rings is 2. The van der Waals surface area contributed by atoms with Gasteiger partial charge in [0, 0.05) is 0 Å². The molecule has 28 heavy (non-hydrogen) atoms. The molecule has 0 aliphatic heterocycles. The second kappa shape index (κ2) is 6.78. The second-order valence-electron chi connectivity index (χ2n) is 5.91. The molecule has 8 nitrogen and oxygen atoms in total. The van der Waals surface area contributed by atoms with Crippen LogP contribution in [0.4, 0.5) is 0 Å². The summed E-state index contributed by atoms with van der Waals surface area (Å²) in [7, 11) is 0. The molecular formula is C19H13N7OS. The Morgan fingerprint density at radius 1 is 0.929 bits per heavy atom. The summed E-state index contributed by atoms with van der Waals surface area (Å²) in [5, 5.41) is 10.1. The quantitative estimate of drug-likeness (QED) is 0.477. The molecule has 0 saturated carbocycles. The topological polar surface area (TPSA) is 94.3 Å². The first-order valence-corrected chi connectivity index (χ1v) is 9.28. The number of aromatic amines is 1. The average molecular weight is 387 g/mol. The van der Waals surface area contributed by atoms with Crippen LogP contribution in [0.15, 0.2) is 88.3 Å². The molecule has 0 atom stereocenters. The van der Waals surface area contributed by atoms with Gasteiger partial charge in [0.2, 0.25) is 5.16 Å². The Hall–Kier alpha value is -3.72. The molecule has 0 bridgehead atoms. The molecule has 5 rings (SSSR count). The highest BCUT2D eigenvalue weighted by atomic mass is 32.2. The molecule has 0 radical (unpaired) electrons. The maximum Gasteiger partial charge on any atom is 0.262 e. The molecule has 5 aromatic rings. The highest BCUT2D eigenvalue weighted by molar-refractivity contribution is 7.99. The van der Waals surface area contributed by atoms with E-state index in [0.29, 0.717) is 21.3 Å². The predicted molar refractivity (Wildman–Crippen MR) is 105 cm³/mol. The average Bonchev–Trinajstić information content (AvgIpc) is 3.37. The van der Waals surface area contributed by atoms with Crippen molar-refractivity contribution in [2.75, 3.05) is 0 Å². The van der Waals surface area contributed by atoms with Gasteiger partial charge in [0.05, 0.1) is 17.6 Å². The number of para-hydroxylation sites is 2. The monoisotopic (exact) mass is 387 g/mol. The lowest BCUT2D eigenvalue weighted by Crippen LogP contribution is -2.09. The first-order valence-electron chi connectivity index (χ1n) is 8.46. The van der Waals surface area contributed by atoms with Crippen LogP contribution in [0.3, 0.4) is 0 Å². The van der Waals surface area contributed by atoms with Gasteiger partial charge in [-0.05, 0) is 36.0 Å². The number of hydrogen-bond acceptors (Lipinski definition) is 6. The van der Waals surface area contributed by atoms with Gasteiger partial charge in [-0.25, -0.2) is 19.3 Å². The third-order valence-electron chi connectivity index (χ3n) is 4.10. The van der Waals surface area contributed by atoms with E-state index < -0.39 is 0 Å². The van der Waals surface area contributed by atoms with Crippen LogP contribution < -0.4 is 5.56 Å². The van der Waals surface area contributed by atoms with E-state index in [-0.39, 0.29) is 5.56 Å². The zero-order valence-electron chi connectivity index (χ0n) is 14.4. The number of nitrogens with one attached hydrogen (secondary N) is 1. The number of hydrogen-bond donors (Lipinski definition) is 1. The van der Waals surface area contributed by atoms with Crippen LogP contribution >= 0.6 is 11.8 Å². The molecule has 3 aromatic heterocycles. The van der Waals surface area contributed by atoms with Crippen molar-refractivity contribution in [2.24, 2.45) is 0 Å². The van der Waals surface area contributed by atoms with E-state index in [1.54, 1.807) is 15.7 Å². The van der Waals surface area contributed by atoms with Crippen molar-refractivity contribution in [1.82, 2.24) is 34.5 Å². The van der Waals surface area contributed by atoms with Crippen molar-refractivity contribution in [1.29, 1.82) is 0 Å². The number of H-pyrrole nitrogens is 1. The molecule has 0 aliphatic rings. The number of rotatable bonds is 4. The van der Waals surface area contributed by atoms with Crippen LogP contribution in [0.5, 0.6) is 0 Å². The van der Waals surface area contributed by atoms with E-state index in [1.165, 1.54) is 18.0 Å². The van der Waals surface area contributed by atoms with Gasteiger partial charge in [0.1, 0.15) is 11.7 Å². The van der Waals surface area contributed by atoms with Gasteiger partial charge in [-0.15, -0.1) is 5.10 Å². The van der Waals surface area contributed by atoms with E-state index >= 15 is 0 Å². The third-order valence-corrected chi connectivity index (χ3v) is 4.85. The molecule has 0 spiro atoms. The van der Waals surface area contributed by atoms with Crippen molar-refractivity contribution < 1.29 is 0 Å². The summed E-state index contributed by atoms with van der Waals surface area (Å²) in [4.78, 5) is 24.1. The van der Waals surface area contributed by atoms with Gasteiger partial charge >= 0.3 is 0 Å². The minimum atomic E-state index is -0.253. The van der Waals surface area contributed by atoms with Crippen LogP contribution in [0.2, 0.25) is 0 Å². The normalized spacial score (nSPS) is 11.1. The minimum absolute atomic E-state index is 0.253. The minimum Gasteiger partial charge on any atom is -0.300 e. The standard InChI is InChI=1S/C19H13N7OS/c27-17-15-11-21-26(14-9-5-2-6-10-14)16(15)22-19(23-17)28-18-20-12-25(24-18)13-7-3-1-4-8-13/h1-12H,(H,22,23,27). The van der Waals surface area contributed by atoms with Crippen LogP contribution in [0.1, 0.15) is 0 Å². The van der Waals surface area contributed by atoms with Crippen molar-refractivity contribution in [3.63, 3.8) is 0 Å². The lowest BCUT2D eigenvalue weighted by Gasteiger charge is -2.03. The second-order valence-corrected chi connectivity index (χ2v) is 6.87. The molecule has 0 amide bonds. The van der Waals surface area contributed by atoms with Gasteiger partial charge < -0.3 is 4.98 Å². The van der Waals surface area contributed by atoms with E-state index in [9.17, 15) is 4.79 Å². The van der Waals surface area contributed by atoms with Gasteiger partial charge in [-0.3, -0.25) is 4.79 Å². The maximum atomic E-state index is 12.5. The van der Waals surface area contributed by atoms with E-state index in [0.717, 1.165) is 11.4 Å². The fourth-order valence-corrected chi connectivity index (χ4v) is 3.47. The molecular weight excluding hydrogens is 374 g/mol. The predicted octanol–water partition coefficient (Wildman–Crippen LogP) is 2.84. The third kappa shape index (κ3) is 2.97. The van der Waals surface area contributed by atoms with Crippen LogP contribution in [0.25, 0.3) is 22.4 Å². The summed E-state index contributed by atoms with van der Waals surface area (Å²) >= 11 is 1.19. The molecule has 2 aromatic carbocycles. The van der Waals surface area contributed by atoms with Gasteiger partial charge in [-0.2, -0.15) is 5.10 Å². The first kappa shape index (κ1) is 16.5. The summed E-state index contributed by atoms with van der Waals surface area (Å²) < 4.78 is 3.32. The molecule has 0 fully saturated rings. The molecule has 0 unspecified atom stereocenters. The molecule has 0 saturated heterocycles. The smallest absolute Gasteiger partial charge is 0.262 e. The summed E-state index contributed by atoms with van der Waals surface area (Å²) in [5.74, 6) is 0. The summed E-state index contributed by atoms with van der Waals surface area (Å²) in [6, 6.07) is 19.2. The fourth-order valence-electron chi connectivity index (χ4n) is 2.79. The lowest BCUT2D eigenvalue weighted by atomic mass is 10.3. The van der Waals surface area contributed by atoms with E-state index in [4.69, 9.17) is 0 Å². The van der Waals surface area contributed by atoms with Crippen molar-refractivity contribution in [3.05, 3.63) is 83.5 Å². The molecule has 136 valence electrons. The number of nitrogens with zero attached hydrogens (tertiary/aromatic N) is 6. The van der Waals surface area contributed by atoms with Crippen molar-refractivity contribution in [2.45, 2.75) is 10.3 Å². The Balaban J connectivity index is 1.52. The Kier molecular flexibility index (Phi) is 3.99. The molecule has 0 aliphatic carbocycles. The lowest BCUT2D eigenvalue weighted by molar-refractivity contribution is 0.829. The van der Waals surface area contributed by atoms with Crippen molar-refractivity contribution in [3.8, 4) is 11.4 Å². The molecule has 1 N–H and O–H groups in total. The Morgan fingerprint density at radius 2 is 1.64 bits per heavy atom. The van der Waals surface area contributed by atoms with Crippen LogP contribution in [0, 0.1) is 0 Å². The van der Waals surface area contributed by atoms with Crippen molar-refractivity contribution >= 4 is 22.8 Å². The Morgan fingerprint density at radius 3 is 2.39 bits per heavy atom. The van der Waals surface area contributed by atoms with E-state index in [1.807, 2.05) is 60.7 Å². The fraction of sp³-hybridized carbons (Fsp3) is 0. The van der Waals surface area contributed by atoms with Gasteiger partial charge in [0.15, 0.2) is 10.8 Å². The Bertz CT molecular complexity index is 1310. The zero-order chi connectivity index (χ0) is 18.9. The highest BCUT2D eigenvalue weighted by Gasteiger charge is 2.13. The Labute approximate surface area is 162 Å². The van der Waals surface area contributed by atoms with E-state index in [2.05, 4.69) is 25.1 Å².